The first-order valence-electron chi connectivity index (χ1n) is 9.22. The Balaban J connectivity index is 2.11. The van der Waals surface area contributed by atoms with Gasteiger partial charge in [0.15, 0.2) is 0 Å². The van der Waals surface area contributed by atoms with E-state index >= 15 is 0 Å². The van der Waals surface area contributed by atoms with Crippen molar-refractivity contribution in [2.75, 3.05) is 0 Å². The number of hydrogen-bond donors (Lipinski definition) is 0. The second-order valence-corrected chi connectivity index (χ2v) is 6.03. The second kappa shape index (κ2) is 4.68. The Labute approximate surface area is 132 Å². The lowest BCUT2D eigenvalue weighted by molar-refractivity contribution is 0.00578. The SMILES string of the molecule is [2H]c1nn(-c2cnccc2B2OC(C)(C)C(C)(C)O2)c([2H])c1C([2H])([2H])[2H]. The molecule has 0 bridgehead atoms. The number of rotatable bonds is 2. The van der Waals surface area contributed by atoms with E-state index in [1.165, 1.54) is 6.20 Å². The van der Waals surface area contributed by atoms with Crippen molar-refractivity contribution in [2.45, 2.75) is 45.7 Å². The van der Waals surface area contributed by atoms with Gasteiger partial charge < -0.3 is 9.31 Å². The van der Waals surface area contributed by atoms with E-state index in [1.807, 2.05) is 27.7 Å². The Kier molecular flexibility index (Phi) is 2.09. The fraction of sp³-hybridized carbons (Fsp3) is 0.467. The molecule has 5 nitrogen and oxygen atoms in total. The van der Waals surface area contributed by atoms with E-state index in [9.17, 15) is 0 Å². The second-order valence-electron chi connectivity index (χ2n) is 6.03. The largest absolute Gasteiger partial charge is 0.497 e. The van der Waals surface area contributed by atoms with E-state index < -0.39 is 36.9 Å². The lowest BCUT2D eigenvalue weighted by atomic mass is 9.78. The molecule has 110 valence electrons. The predicted octanol–water partition coefficient (Wildman–Crippen LogP) is 1.87. The van der Waals surface area contributed by atoms with E-state index in [2.05, 4.69) is 10.1 Å². The molecule has 1 fully saturated rings. The molecule has 2 aromatic rings. The van der Waals surface area contributed by atoms with Crippen LogP contribution in [0, 0.1) is 6.85 Å². The van der Waals surface area contributed by atoms with Crippen LogP contribution in [-0.2, 0) is 9.31 Å². The summed E-state index contributed by atoms with van der Waals surface area (Å²) in [6.45, 7) is 5.09. The highest BCUT2D eigenvalue weighted by Gasteiger charge is 2.52. The van der Waals surface area contributed by atoms with Gasteiger partial charge in [0.05, 0.1) is 32.0 Å². The van der Waals surface area contributed by atoms with Crippen molar-refractivity contribution >= 4 is 12.6 Å². The monoisotopic (exact) mass is 290 g/mol. The molecule has 1 aliphatic heterocycles. The van der Waals surface area contributed by atoms with Crippen molar-refractivity contribution in [1.29, 1.82) is 0 Å². The summed E-state index contributed by atoms with van der Waals surface area (Å²) >= 11 is 0. The molecule has 3 rings (SSSR count). The molecule has 0 saturated carbocycles. The minimum atomic E-state index is -2.60. The Hall–Kier alpha value is -1.66. The van der Waals surface area contributed by atoms with Gasteiger partial charge in [-0.3, -0.25) is 4.98 Å². The summed E-state index contributed by atoms with van der Waals surface area (Å²) in [6, 6.07) is 1.68. The quantitative estimate of drug-likeness (QED) is 0.792. The highest BCUT2D eigenvalue weighted by Crippen LogP contribution is 2.36. The van der Waals surface area contributed by atoms with Gasteiger partial charge in [0.2, 0.25) is 0 Å². The minimum Gasteiger partial charge on any atom is -0.399 e. The van der Waals surface area contributed by atoms with Gasteiger partial charge in [-0.05, 0) is 46.2 Å². The molecule has 21 heavy (non-hydrogen) atoms. The molecule has 0 spiro atoms. The maximum absolute atomic E-state index is 8.19. The van der Waals surface area contributed by atoms with Gasteiger partial charge in [-0.15, -0.1) is 0 Å². The van der Waals surface area contributed by atoms with Crippen LogP contribution in [0.1, 0.15) is 40.1 Å². The van der Waals surface area contributed by atoms with Gasteiger partial charge in [-0.2, -0.15) is 5.10 Å². The number of pyridine rings is 1. The van der Waals surface area contributed by atoms with Crippen molar-refractivity contribution in [3.63, 3.8) is 0 Å². The maximum Gasteiger partial charge on any atom is 0.497 e. The lowest BCUT2D eigenvalue weighted by Gasteiger charge is -2.32. The van der Waals surface area contributed by atoms with Crippen molar-refractivity contribution in [2.24, 2.45) is 0 Å². The predicted molar refractivity (Wildman–Crippen MR) is 81.8 cm³/mol. The van der Waals surface area contributed by atoms with E-state index in [0.717, 1.165) is 4.68 Å². The average Bonchev–Trinajstić information content (AvgIpc) is 2.91. The van der Waals surface area contributed by atoms with Crippen LogP contribution < -0.4 is 5.46 Å². The molecule has 0 aromatic carbocycles. The van der Waals surface area contributed by atoms with Crippen molar-refractivity contribution in [3.05, 3.63) is 36.4 Å². The van der Waals surface area contributed by atoms with Gasteiger partial charge >= 0.3 is 7.12 Å². The summed E-state index contributed by atoms with van der Waals surface area (Å²) in [4.78, 5) is 4.05. The lowest BCUT2D eigenvalue weighted by Crippen LogP contribution is -2.41. The highest BCUT2D eigenvalue weighted by atomic mass is 16.7. The maximum atomic E-state index is 8.19. The molecule has 0 radical (unpaired) electrons. The third-order valence-electron chi connectivity index (χ3n) is 4.05. The topological polar surface area (TPSA) is 49.2 Å². The molecule has 0 aliphatic carbocycles. The zero-order valence-corrected chi connectivity index (χ0v) is 12.5. The molecular weight excluding hydrogens is 265 g/mol. The summed E-state index contributed by atoms with van der Waals surface area (Å²) in [7, 11) is -0.730. The van der Waals surface area contributed by atoms with Crippen LogP contribution in [0.5, 0.6) is 0 Å². The molecule has 0 amide bonds. The zero-order chi connectivity index (χ0) is 19.5. The van der Waals surface area contributed by atoms with Crippen LogP contribution in [-0.4, -0.2) is 33.1 Å². The first-order valence-corrected chi connectivity index (χ1v) is 6.72. The van der Waals surface area contributed by atoms with Gasteiger partial charge in [0.25, 0.3) is 0 Å². The van der Waals surface area contributed by atoms with E-state index in [-0.39, 0.29) is 6.17 Å². The van der Waals surface area contributed by atoms with Crippen LogP contribution in [0.15, 0.2) is 30.8 Å². The zero-order valence-electron chi connectivity index (χ0n) is 17.5. The molecule has 0 N–H and O–H groups in total. The first-order chi connectivity index (χ1) is 11.8. The van der Waals surface area contributed by atoms with E-state index in [4.69, 9.17) is 16.2 Å². The normalized spacial score (nSPS) is 24.0. The van der Waals surface area contributed by atoms with Crippen LogP contribution in [0.3, 0.4) is 0 Å². The van der Waals surface area contributed by atoms with Gasteiger partial charge in [0, 0.05) is 21.9 Å². The van der Waals surface area contributed by atoms with Crippen molar-refractivity contribution < 1.29 is 16.2 Å². The third kappa shape index (κ3) is 2.38. The van der Waals surface area contributed by atoms with Crippen LogP contribution in [0.25, 0.3) is 5.69 Å². The van der Waals surface area contributed by atoms with Gasteiger partial charge in [0.1, 0.15) is 0 Å². The van der Waals surface area contributed by atoms with E-state index in [0.29, 0.717) is 11.2 Å². The Morgan fingerprint density at radius 3 is 2.62 bits per heavy atom. The average molecular weight is 290 g/mol. The number of hydrogen-bond acceptors (Lipinski definition) is 4. The summed E-state index contributed by atoms with van der Waals surface area (Å²) in [5, 5.41) is 3.94. The molecular formula is C15H20BN3O2. The number of nitrogens with zero attached hydrogens (tertiary/aromatic N) is 3. The summed E-state index contributed by atoms with van der Waals surface area (Å²) in [5.74, 6) is 0. The summed E-state index contributed by atoms with van der Waals surface area (Å²) in [6.07, 6.45) is 2.18. The number of aromatic nitrogens is 3. The smallest absolute Gasteiger partial charge is 0.399 e. The molecule has 3 heterocycles. The third-order valence-corrected chi connectivity index (χ3v) is 4.05. The molecule has 1 aliphatic rings. The van der Waals surface area contributed by atoms with E-state index in [1.54, 1.807) is 12.3 Å². The Morgan fingerprint density at radius 1 is 1.29 bits per heavy atom. The molecule has 0 unspecified atom stereocenters. The first kappa shape index (κ1) is 9.38. The Bertz CT molecular complexity index is 834. The van der Waals surface area contributed by atoms with Gasteiger partial charge in [-0.1, -0.05) is 0 Å². The summed E-state index contributed by atoms with van der Waals surface area (Å²) in [5.41, 5.74) is -0.611. The summed E-state index contributed by atoms with van der Waals surface area (Å²) < 4.78 is 51.8. The Morgan fingerprint density at radius 2 is 2.00 bits per heavy atom. The molecule has 2 aromatic heterocycles. The van der Waals surface area contributed by atoms with Crippen LogP contribution in [0.2, 0.25) is 0 Å². The standard InChI is InChI=1S/C15H20BN3O2/c1-11-8-18-19(10-11)13-9-17-7-6-12(13)16-20-14(2,3)15(4,5)21-16/h6-10H,1-5H3/i1D3,8D,10D. The molecule has 6 heteroatoms. The molecule has 0 atom stereocenters. The fourth-order valence-electron chi connectivity index (χ4n) is 2.11. The van der Waals surface area contributed by atoms with Crippen LogP contribution >= 0.6 is 0 Å². The van der Waals surface area contributed by atoms with Crippen molar-refractivity contribution in [3.8, 4) is 5.69 Å². The highest BCUT2D eigenvalue weighted by molar-refractivity contribution is 6.63. The fourth-order valence-corrected chi connectivity index (χ4v) is 2.11. The van der Waals surface area contributed by atoms with Crippen LogP contribution in [0.4, 0.5) is 0 Å². The molecule has 1 saturated heterocycles. The van der Waals surface area contributed by atoms with Gasteiger partial charge in [-0.25, -0.2) is 4.68 Å². The van der Waals surface area contributed by atoms with Crippen molar-refractivity contribution in [1.82, 2.24) is 14.8 Å². The minimum absolute atomic E-state index is 0.347.